The quantitative estimate of drug-likeness (QED) is 0.938. The molecule has 118 valence electrons. The second kappa shape index (κ2) is 6.63. The van der Waals surface area contributed by atoms with E-state index in [-0.39, 0.29) is 11.9 Å². The van der Waals surface area contributed by atoms with Crippen molar-refractivity contribution < 1.29 is 4.79 Å². The van der Waals surface area contributed by atoms with Gasteiger partial charge < -0.3 is 9.88 Å². The molecule has 1 aromatic heterocycles. The van der Waals surface area contributed by atoms with Crippen LogP contribution in [-0.2, 0) is 0 Å². The standard InChI is InChI=1S/C17H19N5O/c1-2-21-9-10-22(12-15(21)16-19-7-8-20-16)17(23)14-5-3-13(11-18)4-6-14/h3-8,15H,2,9-10,12H2,1H3,(H,19,20)/t15-/m1/s1. The van der Waals surface area contributed by atoms with Crippen LogP contribution in [-0.4, -0.2) is 51.9 Å². The van der Waals surface area contributed by atoms with Crippen LogP contribution in [0.15, 0.2) is 36.7 Å². The second-order valence-corrected chi connectivity index (χ2v) is 5.56. The van der Waals surface area contributed by atoms with Crippen LogP contribution in [0.1, 0.15) is 34.7 Å². The van der Waals surface area contributed by atoms with Crippen LogP contribution in [0, 0.1) is 11.3 Å². The van der Waals surface area contributed by atoms with Gasteiger partial charge in [-0.05, 0) is 30.8 Å². The third-order valence-electron chi connectivity index (χ3n) is 4.28. The summed E-state index contributed by atoms with van der Waals surface area (Å²) in [5.41, 5.74) is 1.18. The Balaban J connectivity index is 1.77. The van der Waals surface area contributed by atoms with Gasteiger partial charge in [-0.15, -0.1) is 0 Å². The predicted molar refractivity (Wildman–Crippen MR) is 85.6 cm³/mol. The van der Waals surface area contributed by atoms with Crippen LogP contribution in [0.25, 0.3) is 0 Å². The lowest BCUT2D eigenvalue weighted by atomic mass is 10.1. The molecule has 1 atom stereocenters. The fourth-order valence-corrected chi connectivity index (χ4v) is 2.97. The van der Waals surface area contributed by atoms with Crippen LogP contribution < -0.4 is 0 Å². The molecule has 0 aliphatic carbocycles. The molecular formula is C17H19N5O. The molecule has 3 rings (SSSR count). The van der Waals surface area contributed by atoms with Gasteiger partial charge in [-0.2, -0.15) is 5.26 Å². The molecular weight excluding hydrogens is 290 g/mol. The fraction of sp³-hybridized carbons (Fsp3) is 0.353. The molecule has 1 aromatic carbocycles. The van der Waals surface area contributed by atoms with Crippen LogP contribution >= 0.6 is 0 Å². The number of hydrogen-bond acceptors (Lipinski definition) is 4. The third kappa shape index (κ3) is 3.10. The summed E-state index contributed by atoms with van der Waals surface area (Å²) in [5.74, 6) is 0.894. The summed E-state index contributed by atoms with van der Waals surface area (Å²) in [5, 5.41) is 8.85. The molecule has 2 aromatic rings. The van der Waals surface area contributed by atoms with Gasteiger partial charge in [0, 0.05) is 37.6 Å². The zero-order chi connectivity index (χ0) is 16.2. The van der Waals surface area contributed by atoms with Crippen molar-refractivity contribution in [3.8, 4) is 6.07 Å². The van der Waals surface area contributed by atoms with Gasteiger partial charge in [0.05, 0.1) is 17.7 Å². The highest BCUT2D eigenvalue weighted by Crippen LogP contribution is 2.23. The number of imidazole rings is 1. The van der Waals surface area contributed by atoms with Crippen molar-refractivity contribution in [2.45, 2.75) is 13.0 Å². The van der Waals surface area contributed by atoms with E-state index in [2.05, 4.69) is 27.9 Å². The lowest BCUT2D eigenvalue weighted by Gasteiger charge is -2.40. The minimum atomic E-state index is 0.00167. The Morgan fingerprint density at radius 2 is 2.17 bits per heavy atom. The van der Waals surface area contributed by atoms with Crippen molar-refractivity contribution in [1.29, 1.82) is 5.26 Å². The molecule has 1 amide bonds. The number of aromatic nitrogens is 2. The van der Waals surface area contributed by atoms with Crippen LogP contribution in [0.5, 0.6) is 0 Å². The number of hydrogen-bond donors (Lipinski definition) is 1. The number of benzene rings is 1. The highest BCUT2D eigenvalue weighted by Gasteiger charge is 2.31. The van der Waals surface area contributed by atoms with Gasteiger partial charge in [-0.25, -0.2) is 4.98 Å². The fourth-order valence-electron chi connectivity index (χ4n) is 2.97. The van der Waals surface area contributed by atoms with Crippen LogP contribution in [0.3, 0.4) is 0 Å². The molecule has 1 N–H and O–H groups in total. The average molecular weight is 309 g/mol. The molecule has 2 heterocycles. The van der Waals surface area contributed by atoms with Crippen molar-refractivity contribution in [2.75, 3.05) is 26.2 Å². The summed E-state index contributed by atoms with van der Waals surface area (Å²) in [6.45, 7) is 5.17. The summed E-state index contributed by atoms with van der Waals surface area (Å²) in [6, 6.07) is 8.95. The minimum Gasteiger partial charge on any atom is -0.347 e. The molecule has 1 aliphatic rings. The Kier molecular flexibility index (Phi) is 4.40. The molecule has 23 heavy (non-hydrogen) atoms. The van der Waals surface area contributed by atoms with E-state index in [1.54, 1.807) is 30.5 Å². The first-order valence-corrected chi connectivity index (χ1v) is 7.75. The maximum Gasteiger partial charge on any atom is 0.253 e. The Morgan fingerprint density at radius 1 is 1.39 bits per heavy atom. The Hall–Kier alpha value is -2.65. The van der Waals surface area contributed by atoms with Gasteiger partial charge in [-0.1, -0.05) is 6.92 Å². The van der Waals surface area contributed by atoms with E-state index in [1.807, 2.05) is 11.1 Å². The van der Waals surface area contributed by atoms with Gasteiger partial charge in [0.1, 0.15) is 5.82 Å². The maximum atomic E-state index is 12.7. The lowest BCUT2D eigenvalue weighted by Crippen LogP contribution is -2.50. The summed E-state index contributed by atoms with van der Waals surface area (Å²) >= 11 is 0. The number of H-pyrrole nitrogens is 1. The van der Waals surface area contributed by atoms with Crippen molar-refractivity contribution in [3.05, 3.63) is 53.6 Å². The molecule has 6 heteroatoms. The number of aromatic amines is 1. The van der Waals surface area contributed by atoms with Crippen LogP contribution in [0.2, 0.25) is 0 Å². The molecule has 6 nitrogen and oxygen atoms in total. The van der Waals surface area contributed by atoms with E-state index < -0.39 is 0 Å². The van der Waals surface area contributed by atoms with E-state index in [9.17, 15) is 4.79 Å². The number of carbonyl (C=O) groups excluding carboxylic acids is 1. The largest absolute Gasteiger partial charge is 0.347 e. The van der Waals surface area contributed by atoms with Crippen LogP contribution in [0.4, 0.5) is 0 Å². The lowest BCUT2D eigenvalue weighted by molar-refractivity contribution is 0.0480. The average Bonchev–Trinajstić information content (AvgIpc) is 3.15. The zero-order valence-corrected chi connectivity index (χ0v) is 13.1. The predicted octanol–water partition coefficient (Wildman–Crippen LogP) is 1.80. The first-order chi connectivity index (χ1) is 11.2. The topological polar surface area (TPSA) is 76.0 Å². The highest BCUT2D eigenvalue weighted by atomic mass is 16.2. The summed E-state index contributed by atoms with van der Waals surface area (Å²) in [7, 11) is 0. The van der Waals surface area contributed by atoms with Gasteiger partial charge in [0.2, 0.25) is 0 Å². The van der Waals surface area contributed by atoms with E-state index >= 15 is 0 Å². The second-order valence-electron chi connectivity index (χ2n) is 5.56. The molecule has 0 saturated carbocycles. The van der Waals surface area contributed by atoms with Gasteiger partial charge in [-0.3, -0.25) is 9.69 Å². The summed E-state index contributed by atoms with van der Waals surface area (Å²) in [6.07, 6.45) is 3.55. The number of nitrogens with one attached hydrogen (secondary N) is 1. The number of rotatable bonds is 3. The number of likely N-dealkylation sites (N-methyl/N-ethyl adjacent to an activating group) is 1. The maximum absolute atomic E-state index is 12.7. The molecule has 1 aliphatic heterocycles. The van der Waals surface area contributed by atoms with E-state index in [0.717, 1.165) is 18.9 Å². The number of nitrogens with zero attached hydrogens (tertiary/aromatic N) is 4. The van der Waals surface area contributed by atoms with Gasteiger partial charge in [0.15, 0.2) is 0 Å². The first-order valence-electron chi connectivity index (χ1n) is 7.75. The third-order valence-corrected chi connectivity index (χ3v) is 4.28. The number of piperazine rings is 1. The summed E-state index contributed by atoms with van der Waals surface area (Å²) < 4.78 is 0. The number of carbonyl (C=O) groups is 1. The Morgan fingerprint density at radius 3 is 2.78 bits per heavy atom. The van der Waals surface area contributed by atoms with E-state index in [0.29, 0.717) is 24.2 Å². The zero-order valence-electron chi connectivity index (χ0n) is 13.1. The first kappa shape index (κ1) is 15.3. The molecule has 0 radical (unpaired) electrons. The normalized spacial score (nSPS) is 18.6. The summed E-state index contributed by atoms with van der Waals surface area (Å²) in [4.78, 5) is 24.4. The van der Waals surface area contributed by atoms with E-state index in [1.165, 1.54) is 0 Å². The molecule has 1 fully saturated rings. The minimum absolute atomic E-state index is 0.00167. The highest BCUT2D eigenvalue weighted by molar-refractivity contribution is 5.94. The van der Waals surface area contributed by atoms with Crippen molar-refractivity contribution in [3.63, 3.8) is 0 Å². The Labute approximate surface area is 135 Å². The number of nitriles is 1. The monoisotopic (exact) mass is 309 g/mol. The van der Waals surface area contributed by atoms with Crippen molar-refractivity contribution in [2.24, 2.45) is 0 Å². The van der Waals surface area contributed by atoms with E-state index in [4.69, 9.17) is 5.26 Å². The smallest absolute Gasteiger partial charge is 0.253 e. The molecule has 1 saturated heterocycles. The van der Waals surface area contributed by atoms with Crippen molar-refractivity contribution in [1.82, 2.24) is 19.8 Å². The Bertz CT molecular complexity index is 702. The molecule has 0 unspecified atom stereocenters. The SMILES string of the molecule is CCN1CCN(C(=O)c2ccc(C#N)cc2)C[C@@H]1c1ncc[nH]1. The number of amides is 1. The van der Waals surface area contributed by atoms with Gasteiger partial charge in [0.25, 0.3) is 5.91 Å². The van der Waals surface area contributed by atoms with Crippen molar-refractivity contribution >= 4 is 5.91 Å². The molecule has 0 spiro atoms. The molecule has 0 bridgehead atoms. The van der Waals surface area contributed by atoms with Gasteiger partial charge >= 0.3 is 0 Å².